The van der Waals surface area contributed by atoms with Gasteiger partial charge in [-0.2, -0.15) is 5.10 Å². The first-order valence-corrected chi connectivity index (χ1v) is 10.2. The zero-order chi connectivity index (χ0) is 17.3. The molecular weight excluding hydrogens is 310 g/mol. The van der Waals surface area contributed by atoms with Gasteiger partial charge in [0.15, 0.2) is 0 Å². The van der Waals surface area contributed by atoms with Crippen molar-refractivity contribution in [1.82, 2.24) is 14.5 Å². The minimum atomic E-state index is -3.47. The Morgan fingerprint density at radius 1 is 1.26 bits per heavy atom. The average molecular weight is 342 g/mol. The third-order valence-electron chi connectivity index (χ3n) is 5.58. The number of hydrogen-bond donors (Lipinski definition) is 1. The third kappa shape index (κ3) is 4.15. The van der Waals surface area contributed by atoms with E-state index in [2.05, 4.69) is 30.6 Å². The van der Waals surface area contributed by atoms with E-state index >= 15 is 0 Å². The van der Waals surface area contributed by atoms with Crippen LogP contribution in [-0.2, 0) is 16.6 Å². The first-order chi connectivity index (χ1) is 10.7. The van der Waals surface area contributed by atoms with E-state index in [1.165, 1.54) is 6.42 Å². The quantitative estimate of drug-likeness (QED) is 0.861. The maximum absolute atomic E-state index is 12.6. The lowest BCUT2D eigenvalue weighted by molar-refractivity contribution is 0.142. The van der Waals surface area contributed by atoms with Gasteiger partial charge in [0.2, 0.25) is 10.0 Å². The fourth-order valence-electron chi connectivity index (χ4n) is 3.49. The second-order valence-corrected chi connectivity index (χ2v) is 9.13. The van der Waals surface area contributed by atoms with Crippen molar-refractivity contribution >= 4 is 10.0 Å². The van der Waals surface area contributed by atoms with Crippen molar-refractivity contribution in [3.63, 3.8) is 0 Å². The van der Waals surface area contributed by atoms with E-state index in [4.69, 9.17) is 0 Å². The normalized spacial score (nSPS) is 23.2. The molecule has 2 rings (SSSR count). The van der Waals surface area contributed by atoms with Crippen molar-refractivity contribution in [2.75, 3.05) is 0 Å². The summed E-state index contributed by atoms with van der Waals surface area (Å²) in [6.07, 6.45) is 6.85. The molecule has 1 aromatic rings. The molecule has 5 nitrogen and oxygen atoms in total. The van der Waals surface area contributed by atoms with Crippen molar-refractivity contribution in [2.45, 2.75) is 84.2 Å². The van der Waals surface area contributed by atoms with E-state index in [-0.39, 0.29) is 6.04 Å². The molecule has 23 heavy (non-hydrogen) atoms. The lowest BCUT2D eigenvalue weighted by Crippen LogP contribution is -2.39. The molecule has 132 valence electrons. The zero-order valence-electron chi connectivity index (χ0n) is 15.1. The van der Waals surface area contributed by atoms with Crippen molar-refractivity contribution in [2.24, 2.45) is 11.3 Å². The summed E-state index contributed by atoms with van der Waals surface area (Å²) < 4.78 is 29.8. The highest BCUT2D eigenvalue weighted by atomic mass is 32.2. The van der Waals surface area contributed by atoms with Crippen LogP contribution in [0.5, 0.6) is 0 Å². The number of nitrogens with zero attached hydrogens (tertiary/aromatic N) is 2. The molecule has 6 heteroatoms. The lowest BCUT2D eigenvalue weighted by Gasteiger charge is -2.38. The van der Waals surface area contributed by atoms with E-state index in [1.807, 2.05) is 6.92 Å². The van der Waals surface area contributed by atoms with E-state index in [9.17, 15) is 8.42 Å². The van der Waals surface area contributed by atoms with Gasteiger partial charge in [-0.15, -0.1) is 0 Å². The molecule has 1 fully saturated rings. The van der Waals surface area contributed by atoms with Gasteiger partial charge in [0, 0.05) is 18.8 Å². The Bertz CT molecular complexity index is 626. The van der Waals surface area contributed by atoms with Crippen LogP contribution in [0, 0.1) is 18.3 Å². The van der Waals surface area contributed by atoms with Crippen LogP contribution in [0.4, 0.5) is 0 Å². The Kier molecular flexibility index (Phi) is 5.56. The number of nitrogens with one attached hydrogen (secondary N) is 1. The second-order valence-electron chi connectivity index (χ2n) is 7.45. The highest BCUT2D eigenvalue weighted by Crippen LogP contribution is 2.40. The van der Waals surface area contributed by atoms with Crippen LogP contribution in [0.15, 0.2) is 11.1 Å². The van der Waals surface area contributed by atoms with Crippen LogP contribution in [-0.4, -0.2) is 24.2 Å². The average Bonchev–Trinajstić information content (AvgIpc) is 2.89. The van der Waals surface area contributed by atoms with Gasteiger partial charge < -0.3 is 0 Å². The molecular formula is C17H31N3O2S. The van der Waals surface area contributed by atoms with Gasteiger partial charge in [-0.1, -0.05) is 27.2 Å². The second kappa shape index (κ2) is 6.93. The van der Waals surface area contributed by atoms with Gasteiger partial charge in [-0.3, -0.25) is 4.68 Å². The fraction of sp³-hybridized carbons (Fsp3) is 0.824. The molecule has 1 aliphatic carbocycles. The van der Waals surface area contributed by atoms with Crippen LogP contribution in [0.3, 0.4) is 0 Å². The molecule has 1 aliphatic rings. The first kappa shape index (κ1) is 18.5. The molecule has 1 N–H and O–H groups in total. The third-order valence-corrected chi connectivity index (χ3v) is 7.20. The summed E-state index contributed by atoms with van der Waals surface area (Å²) in [5.74, 6) is 0.692. The van der Waals surface area contributed by atoms with Crippen molar-refractivity contribution in [3.8, 4) is 0 Å². The van der Waals surface area contributed by atoms with Crippen LogP contribution < -0.4 is 4.72 Å². The van der Waals surface area contributed by atoms with Gasteiger partial charge >= 0.3 is 0 Å². The van der Waals surface area contributed by atoms with Crippen LogP contribution in [0.25, 0.3) is 0 Å². The predicted octanol–water partition coefficient (Wildman–Crippen LogP) is 3.48. The molecule has 0 spiro atoms. The van der Waals surface area contributed by atoms with Gasteiger partial charge in [0.25, 0.3) is 0 Å². The van der Waals surface area contributed by atoms with Crippen LogP contribution in [0.1, 0.15) is 65.5 Å². The van der Waals surface area contributed by atoms with Crippen molar-refractivity contribution < 1.29 is 8.42 Å². The minimum absolute atomic E-state index is 0.0493. The van der Waals surface area contributed by atoms with Gasteiger partial charge in [-0.05, 0) is 50.9 Å². The Hall–Kier alpha value is -0.880. The smallest absolute Gasteiger partial charge is 0.244 e. The SMILES string of the molecule is CCn1cc(S(=O)(=O)NC2CCC(C(C)(C)CC)CC2)c(C)n1. The summed E-state index contributed by atoms with van der Waals surface area (Å²) in [5, 5.41) is 4.24. The zero-order valence-corrected chi connectivity index (χ0v) is 15.9. The maximum Gasteiger partial charge on any atom is 0.244 e. The maximum atomic E-state index is 12.6. The summed E-state index contributed by atoms with van der Waals surface area (Å²) in [6, 6.07) is 0.0493. The molecule has 0 bridgehead atoms. The monoisotopic (exact) mass is 341 g/mol. The van der Waals surface area contributed by atoms with Gasteiger partial charge in [-0.25, -0.2) is 13.1 Å². The Labute approximate surface area is 140 Å². The lowest BCUT2D eigenvalue weighted by atomic mass is 9.69. The fourth-order valence-corrected chi connectivity index (χ4v) is 4.98. The molecule has 0 aliphatic heterocycles. The number of sulfonamides is 1. The number of hydrogen-bond acceptors (Lipinski definition) is 3. The molecule has 0 unspecified atom stereocenters. The number of aromatic nitrogens is 2. The van der Waals surface area contributed by atoms with E-state index in [0.717, 1.165) is 25.7 Å². The molecule has 1 heterocycles. The molecule has 0 amide bonds. The van der Waals surface area contributed by atoms with Gasteiger partial charge in [0.1, 0.15) is 4.90 Å². The summed E-state index contributed by atoms with van der Waals surface area (Å²) >= 11 is 0. The molecule has 0 radical (unpaired) electrons. The van der Waals surface area contributed by atoms with E-state index < -0.39 is 10.0 Å². The minimum Gasteiger partial charge on any atom is -0.271 e. The Morgan fingerprint density at radius 2 is 1.87 bits per heavy atom. The summed E-state index contributed by atoms with van der Waals surface area (Å²) in [4.78, 5) is 0.315. The Morgan fingerprint density at radius 3 is 2.35 bits per heavy atom. The summed E-state index contributed by atoms with van der Waals surface area (Å²) in [6.45, 7) is 11.3. The van der Waals surface area contributed by atoms with Crippen LogP contribution in [0.2, 0.25) is 0 Å². The standard InChI is InChI=1S/C17H31N3O2S/c1-6-17(4,5)14-8-10-15(11-9-14)19-23(21,22)16-12-20(7-2)18-13(16)3/h12,14-15,19H,6-11H2,1-5H3. The molecule has 1 aromatic heterocycles. The highest BCUT2D eigenvalue weighted by molar-refractivity contribution is 7.89. The van der Waals surface area contributed by atoms with Crippen LogP contribution >= 0.6 is 0 Å². The van der Waals surface area contributed by atoms with E-state index in [1.54, 1.807) is 17.8 Å². The largest absolute Gasteiger partial charge is 0.271 e. The molecule has 0 saturated heterocycles. The predicted molar refractivity (Wildman–Crippen MR) is 92.8 cm³/mol. The number of aryl methyl sites for hydroxylation is 2. The summed E-state index contributed by atoms with van der Waals surface area (Å²) in [7, 11) is -3.47. The summed E-state index contributed by atoms with van der Waals surface area (Å²) in [5.41, 5.74) is 0.919. The molecule has 0 atom stereocenters. The Balaban J connectivity index is 2.01. The van der Waals surface area contributed by atoms with Crippen molar-refractivity contribution in [1.29, 1.82) is 0 Å². The van der Waals surface area contributed by atoms with E-state index in [0.29, 0.717) is 28.5 Å². The van der Waals surface area contributed by atoms with Crippen molar-refractivity contribution in [3.05, 3.63) is 11.9 Å². The van der Waals surface area contributed by atoms with Gasteiger partial charge in [0.05, 0.1) is 5.69 Å². The molecule has 1 saturated carbocycles. The number of rotatable bonds is 6. The molecule has 0 aromatic carbocycles. The topological polar surface area (TPSA) is 64.0 Å². The first-order valence-electron chi connectivity index (χ1n) is 8.76. The highest BCUT2D eigenvalue weighted by Gasteiger charge is 2.33.